The van der Waals surface area contributed by atoms with Crippen molar-refractivity contribution in [1.82, 2.24) is 0 Å². The SMILES string of the molecule is COc1cc(-c2cc(=O)c3c(O)cc(O[C@@H]4O[C@H](CO)[C@H](O)[C@H](O)[C@H]4O[C@H]4OC[C@@H](O)[C@@H](O)[C@@H]4O)cc3o2)ccc1O. The van der Waals surface area contributed by atoms with E-state index in [1.165, 1.54) is 31.4 Å². The first-order chi connectivity index (χ1) is 20.0. The van der Waals surface area contributed by atoms with E-state index in [0.29, 0.717) is 5.56 Å². The van der Waals surface area contributed by atoms with Gasteiger partial charge in [0.25, 0.3) is 0 Å². The van der Waals surface area contributed by atoms with Crippen molar-refractivity contribution in [2.45, 2.75) is 55.3 Å². The predicted octanol–water partition coefficient (Wildman–Crippen LogP) is -1.48. The molecule has 2 aromatic carbocycles. The molecule has 8 N–H and O–H groups in total. The number of aliphatic hydroxyl groups excluding tert-OH is 6. The second kappa shape index (κ2) is 12.0. The van der Waals surface area contributed by atoms with E-state index in [4.69, 9.17) is 28.1 Å². The molecule has 228 valence electrons. The average Bonchev–Trinajstić information content (AvgIpc) is 2.96. The third kappa shape index (κ3) is 5.61. The zero-order valence-corrected chi connectivity index (χ0v) is 22.0. The topological polar surface area (TPSA) is 238 Å². The van der Waals surface area contributed by atoms with E-state index >= 15 is 0 Å². The maximum Gasteiger partial charge on any atom is 0.229 e. The predicted molar refractivity (Wildman–Crippen MR) is 139 cm³/mol. The van der Waals surface area contributed by atoms with Crippen LogP contribution in [0.1, 0.15) is 0 Å². The summed E-state index contributed by atoms with van der Waals surface area (Å²) in [5.74, 6) is -0.610. The molecule has 15 heteroatoms. The van der Waals surface area contributed by atoms with Crippen LogP contribution in [-0.4, -0.2) is 116 Å². The van der Waals surface area contributed by atoms with E-state index in [0.717, 1.165) is 12.1 Å². The molecule has 9 atom stereocenters. The number of aromatic hydroxyl groups is 2. The van der Waals surface area contributed by atoms with Crippen molar-refractivity contribution in [3.05, 3.63) is 46.6 Å². The molecular formula is C27H30O15. The van der Waals surface area contributed by atoms with Crippen molar-refractivity contribution in [2.75, 3.05) is 20.3 Å². The van der Waals surface area contributed by atoms with Crippen LogP contribution in [0.5, 0.6) is 23.0 Å². The quantitative estimate of drug-likeness (QED) is 0.156. The minimum Gasteiger partial charge on any atom is -0.507 e. The van der Waals surface area contributed by atoms with Crippen LogP contribution in [0, 0.1) is 0 Å². The summed E-state index contributed by atoms with van der Waals surface area (Å²) >= 11 is 0. The first-order valence-electron chi connectivity index (χ1n) is 12.8. The highest BCUT2D eigenvalue weighted by Crippen LogP contribution is 2.36. The number of benzene rings is 2. The van der Waals surface area contributed by atoms with Crippen LogP contribution < -0.4 is 14.9 Å². The molecule has 0 amide bonds. The Balaban J connectivity index is 1.48. The maximum atomic E-state index is 12.9. The molecule has 2 aliphatic heterocycles. The number of hydrogen-bond donors (Lipinski definition) is 8. The van der Waals surface area contributed by atoms with Crippen molar-refractivity contribution in [3.8, 4) is 34.3 Å². The number of fused-ring (bicyclic) bond motifs is 1. The second-order valence-electron chi connectivity index (χ2n) is 9.85. The highest BCUT2D eigenvalue weighted by molar-refractivity contribution is 5.86. The number of aliphatic hydroxyl groups is 6. The van der Waals surface area contributed by atoms with Gasteiger partial charge in [-0.2, -0.15) is 0 Å². The lowest BCUT2D eigenvalue weighted by atomic mass is 9.98. The van der Waals surface area contributed by atoms with Gasteiger partial charge in [-0.1, -0.05) is 0 Å². The van der Waals surface area contributed by atoms with Gasteiger partial charge < -0.3 is 69.0 Å². The van der Waals surface area contributed by atoms with E-state index in [1.54, 1.807) is 0 Å². The van der Waals surface area contributed by atoms with Gasteiger partial charge in [-0.25, -0.2) is 0 Å². The Morgan fingerprint density at radius 3 is 2.38 bits per heavy atom. The Hall–Kier alpha value is -3.51. The first-order valence-corrected chi connectivity index (χ1v) is 12.8. The number of phenolic OH excluding ortho intramolecular Hbond substituents is 2. The Labute approximate surface area is 236 Å². The van der Waals surface area contributed by atoms with Crippen molar-refractivity contribution in [1.29, 1.82) is 0 Å². The molecule has 2 saturated heterocycles. The minimum absolute atomic E-state index is 0.0699. The number of hydrogen-bond acceptors (Lipinski definition) is 15. The number of phenols is 2. The molecule has 1 aromatic heterocycles. The van der Waals surface area contributed by atoms with E-state index < -0.39 is 79.7 Å². The third-order valence-corrected chi connectivity index (χ3v) is 7.07. The van der Waals surface area contributed by atoms with E-state index in [9.17, 15) is 45.6 Å². The summed E-state index contributed by atoms with van der Waals surface area (Å²) in [7, 11) is 1.35. The molecule has 0 saturated carbocycles. The van der Waals surface area contributed by atoms with Gasteiger partial charge in [0.1, 0.15) is 64.9 Å². The smallest absolute Gasteiger partial charge is 0.229 e. The molecule has 15 nitrogen and oxygen atoms in total. The highest BCUT2D eigenvalue weighted by atomic mass is 16.8. The van der Waals surface area contributed by atoms with Gasteiger partial charge in [0.15, 0.2) is 29.3 Å². The van der Waals surface area contributed by atoms with Crippen LogP contribution in [0.25, 0.3) is 22.3 Å². The standard InChI is InChI=1S/C27H30O15/c1-37-17-4-10(2-3-12(17)29)16-7-14(31)20-13(30)5-11(6-18(20)40-16)39-27-25(23(35)22(34)19(8-28)41-27)42-26-24(36)21(33)15(32)9-38-26/h2-7,15,19,21-30,32-36H,8-9H2,1H3/t15-,19-,21-,22+,23+,24+,25-,26-,27-/m1/s1. The van der Waals surface area contributed by atoms with E-state index in [1.807, 2.05) is 0 Å². The van der Waals surface area contributed by atoms with Gasteiger partial charge in [0.2, 0.25) is 6.29 Å². The molecule has 5 rings (SSSR count). The van der Waals surface area contributed by atoms with Gasteiger partial charge >= 0.3 is 0 Å². The Morgan fingerprint density at radius 2 is 1.67 bits per heavy atom. The Morgan fingerprint density at radius 1 is 0.905 bits per heavy atom. The summed E-state index contributed by atoms with van der Waals surface area (Å²) < 4.78 is 33.2. The molecule has 0 radical (unpaired) electrons. The lowest BCUT2D eigenvalue weighted by Crippen LogP contribution is -2.63. The summed E-state index contributed by atoms with van der Waals surface area (Å²) in [6.07, 6.45) is -14.3. The summed E-state index contributed by atoms with van der Waals surface area (Å²) in [6.45, 7) is -1.14. The van der Waals surface area contributed by atoms with Gasteiger partial charge in [-0.15, -0.1) is 0 Å². The zero-order valence-electron chi connectivity index (χ0n) is 22.0. The van der Waals surface area contributed by atoms with Crippen LogP contribution in [0.3, 0.4) is 0 Å². The molecule has 0 unspecified atom stereocenters. The molecule has 0 aliphatic carbocycles. The van der Waals surface area contributed by atoms with Crippen molar-refractivity contribution < 1.29 is 69.0 Å². The molecule has 3 heterocycles. The van der Waals surface area contributed by atoms with Crippen LogP contribution in [0.4, 0.5) is 0 Å². The maximum absolute atomic E-state index is 12.9. The number of methoxy groups -OCH3 is 1. The third-order valence-electron chi connectivity index (χ3n) is 7.07. The molecule has 2 fully saturated rings. The van der Waals surface area contributed by atoms with Crippen LogP contribution in [0.2, 0.25) is 0 Å². The van der Waals surface area contributed by atoms with Crippen molar-refractivity contribution in [2.24, 2.45) is 0 Å². The van der Waals surface area contributed by atoms with E-state index in [-0.39, 0.29) is 34.0 Å². The number of rotatable bonds is 7. The van der Waals surface area contributed by atoms with Crippen LogP contribution in [-0.2, 0) is 14.2 Å². The average molecular weight is 595 g/mol. The fraction of sp³-hybridized carbons (Fsp3) is 0.444. The normalized spacial score (nSPS) is 31.6. The van der Waals surface area contributed by atoms with Crippen molar-refractivity contribution >= 4 is 11.0 Å². The molecule has 2 aliphatic rings. The van der Waals surface area contributed by atoms with E-state index in [2.05, 4.69) is 0 Å². The summed E-state index contributed by atoms with van der Waals surface area (Å²) in [5.41, 5.74) is -0.337. The molecular weight excluding hydrogens is 564 g/mol. The van der Waals surface area contributed by atoms with Crippen LogP contribution >= 0.6 is 0 Å². The Kier molecular flexibility index (Phi) is 8.56. The summed E-state index contributed by atoms with van der Waals surface area (Å²) in [5, 5.41) is 81.2. The first kappa shape index (κ1) is 30.0. The zero-order chi connectivity index (χ0) is 30.3. The van der Waals surface area contributed by atoms with Gasteiger partial charge in [0, 0.05) is 23.8 Å². The van der Waals surface area contributed by atoms with Crippen LogP contribution in [0.15, 0.2) is 45.6 Å². The molecule has 0 spiro atoms. The monoisotopic (exact) mass is 594 g/mol. The van der Waals surface area contributed by atoms with Gasteiger partial charge in [-0.3, -0.25) is 4.79 Å². The van der Waals surface area contributed by atoms with Crippen molar-refractivity contribution in [3.63, 3.8) is 0 Å². The minimum atomic E-state index is -1.76. The van der Waals surface area contributed by atoms with Gasteiger partial charge in [0.05, 0.1) is 20.3 Å². The lowest BCUT2D eigenvalue weighted by Gasteiger charge is -2.44. The molecule has 0 bridgehead atoms. The lowest BCUT2D eigenvalue weighted by molar-refractivity contribution is -0.344. The summed E-state index contributed by atoms with van der Waals surface area (Å²) in [4.78, 5) is 12.9. The fourth-order valence-corrected chi connectivity index (χ4v) is 4.77. The highest BCUT2D eigenvalue weighted by Gasteiger charge is 2.50. The second-order valence-corrected chi connectivity index (χ2v) is 9.85. The summed E-state index contributed by atoms with van der Waals surface area (Å²) in [6, 6.07) is 7.74. The molecule has 3 aromatic rings. The van der Waals surface area contributed by atoms with Gasteiger partial charge in [-0.05, 0) is 18.2 Å². The number of ether oxygens (including phenoxy) is 5. The fourth-order valence-electron chi connectivity index (χ4n) is 4.77. The largest absolute Gasteiger partial charge is 0.507 e. The Bertz CT molecular complexity index is 1470. The molecule has 42 heavy (non-hydrogen) atoms.